The van der Waals surface area contributed by atoms with Crippen LogP contribution in [-0.2, 0) is 16.2 Å². The van der Waals surface area contributed by atoms with Crippen molar-refractivity contribution >= 4 is 62.7 Å². The second-order valence-electron chi connectivity index (χ2n) is 6.68. The van der Waals surface area contributed by atoms with Gasteiger partial charge in [-0.25, -0.2) is 5.01 Å². The van der Waals surface area contributed by atoms with Crippen molar-refractivity contribution in [1.82, 2.24) is 5.43 Å². The van der Waals surface area contributed by atoms with E-state index >= 15 is 0 Å². The molecule has 3 aromatic carbocycles. The number of carbonyl (C=O) groups excluding carboxylic acids is 2. The van der Waals surface area contributed by atoms with Crippen molar-refractivity contribution in [3.8, 4) is 5.75 Å². The smallest absolute Gasteiger partial charge is 0.282 e. The van der Waals surface area contributed by atoms with Crippen molar-refractivity contribution in [1.29, 1.82) is 0 Å². The quantitative estimate of drug-likeness (QED) is 0.344. The molecule has 5 nitrogen and oxygen atoms in total. The Labute approximate surface area is 197 Å². The Morgan fingerprint density at radius 2 is 1.77 bits per heavy atom. The van der Waals surface area contributed by atoms with Crippen LogP contribution in [0.1, 0.15) is 11.1 Å². The molecular weight excluding hydrogens is 503 g/mol. The highest BCUT2D eigenvalue weighted by atomic mass is 79.9. The Balaban J connectivity index is 1.62. The SMILES string of the molecule is O=C1NN(c2ccccc2)C(=O)/C1=C/c1cc(Br)ccc1OCc1ccc(Cl)cc1Cl. The fourth-order valence-corrected chi connectivity index (χ4v) is 3.87. The van der Waals surface area contributed by atoms with Crippen LogP contribution in [-0.4, -0.2) is 11.8 Å². The molecule has 0 bridgehead atoms. The van der Waals surface area contributed by atoms with Crippen LogP contribution in [0.25, 0.3) is 6.08 Å². The summed E-state index contributed by atoms with van der Waals surface area (Å²) in [5, 5.41) is 2.25. The summed E-state index contributed by atoms with van der Waals surface area (Å²) in [6.45, 7) is 0.199. The molecule has 0 unspecified atom stereocenters. The highest BCUT2D eigenvalue weighted by Crippen LogP contribution is 2.30. The monoisotopic (exact) mass is 516 g/mol. The summed E-state index contributed by atoms with van der Waals surface area (Å²) < 4.78 is 6.72. The first kappa shape index (κ1) is 21.4. The van der Waals surface area contributed by atoms with Crippen molar-refractivity contribution < 1.29 is 14.3 Å². The van der Waals surface area contributed by atoms with Gasteiger partial charge in [0.15, 0.2) is 0 Å². The molecule has 1 heterocycles. The van der Waals surface area contributed by atoms with Gasteiger partial charge >= 0.3 is 0 Å². The van der Waals surface area contributed by atoms with E-state index in [9.17, 15) is 9.59 Å². The molecule has 0 saturated carbocycles. The number of anilines is 1. The number of hydrogen-bond acceptors (Lipinski definition) is 3. The van der Waals surface area contributed by atoms with Crippen LogP contribution < -0.4 is 15.2 Å². The number of hydrazine groups is 1. The molecule has 2 amide bonds. The van der Waals surface area contributed by atoms with Crippen LogP contribution in [0.15, 0.2) is 76.8 Å². The molecule has 0 aromatic heterocycles. The molecule has 8 heteroatoms. The molecule has 3 aromatic rings. The first-order valence-corrected chi connectivity index (χ1v) is 10.8. The Hall–Kier alpha value is -2.80. The number of para-hydroxylation sites is 1. The van der Waals surface area contributed by atoms with Crippen molar-refractivity contribution in [2.75, 3.05) is 5.01 Å². The lowest BCUT2D eigenvalue weighted by atomic mass is 10.1. The van der Waals surface area contributed by atoms with Crippen LogP contribution in [0.5, 0.6) is 5.75 Å². The van der Waals surface area contributed by atoms with E-state index < -0.39 is 11.8 Å². The molecule has 1 aliphatic rings. The molecule has 0 aliphatic carbocycles. The Kier molecular flexibility index (Phi) is 6.32. The van der Waals surface area contributed by atoms with Gasteiger partial charge in [-0.15, -0.1) is 0 Å². The molecule has 1 saturated heterocycles. The third-order valence-electron chi connectivity index (χ3n) is 4.58. The zero-order valence-electron chi connectivity index (χ0n) is 15.9. The van der Waals surface area contributed by atoms with Crippen molar-refractivity contribution in [2.24, 2.45) is 0 Å². The molecule has 1 aliphatic heterocycles. The number of ether oxygens (including phenoxy) is 1. The first-order valence-electron chi connectivity index (χ1n) is 9.21. The Morgan fingerprint density at radius 3 is 2.52 bits per heavy atom. The first-order chi connectivity index (χ1) is 14.9. The van der Waals surface area contributed by atoms with Gasteiger partial charge < -0.3 is 4.74 Å². The number of amides is 2. The summed E-state index contributed by atoms with van der Waals surface area (Å²) in [6.07, 6.45) is 1.52. The van der Waals surface area contributed by atoms with E-state index in [-0.39, 0.29) is 12.2 Å². The lowest BCUT2D eigenvalue weighted by Crippen LogP contribution is -2.35. The molecule has 1 N–H and O–H groups in total. The fourth-order valence-electron chi connectivity index (χ4n) is 3.03. The van der Waals surface area contributed by atoms with Crippen LogP contribution >= 0.6 is 39.1 Å². The standard InChI is InChI=1S/C23H15BrCl2N2O3/c24-16-7-9-21(31-13-14-6-8-17(25)12-20(14)26)15(10-16)11-19-22(29)27-28(23(19)30)18-4-2-1-3-5-18/h1-12H,13H2,(H,27,29)/b19-11+. The number of nitrogens with zero attached hydrogens (tertiary/aromatic N) is 1. The van der Waals surface area contributed by atoms with Gasteiger partial charge in [-0.2, -0.15) is 0 Å². The Bertz CT molecular complexity index is 1200. The summed E-state index contributed by atoms with van der Waals surface area (Å²) in [4.78, 5) is 25.4. The molecular formula is C23H15BrCl2N2O3. The normalized spacial score (nSPS) is 14.8. The van der Waals surface area contributed by atoms with Gasteiger partial charge in [-0.05, 0) is 48.5 Å². The van der Waals surface area contributed by atoms with E-state index in [1.165, 1.54) is 11.1 Å². The molecule has 4 rings (SSSR count). The topological polar surface area (TPSA) is 58.6 Å². The summed E-state index contributed by atoms with van der Waals surface area (Å²) in [6, 6.07) is 19.4. The van der Waals surface area contributed by atoms with E-state index in [2.05, 4.69) is 21.4 Å². The van der Waals surface area contributed by atoms with Gasteiger partial charge in [0.2, 0.25) is 0 Å². The molecule has 0 atom stereocenters. The maximum absolute atomic E-state index is 12.9. The predicted octanol–water partition coefficient (Wildman–Crippen LogP) is 5.80. The average Bonchev–Trinajstić information content (AvgIpc) is 3.03. The summed E-state index contributed by atoms with van der Waals surface area (Å²) in [7, 11) is 0. The van der Waals surface area contributed by atoms with E-state index in [1.807, 2.05) is 12.1 Å². The lowest BCUT2D eigenvalue weighted by Gasteiger charge is -2.14. The van der Waals surface area contributed by atoms with Gasteiger partial charge in [0.25, 0.3) is 11.8 Å². The lowest BCUT2D eigenvalue weighted by molar-refractivity contribution is -0.117. The zero-order valence-corrected chi connectivity index (χ0v) is 19.0. The Morgan fingerprint density at radius 1 is 1.00 bits per heavy atom. The number of carbonyl (C=O) groups is 2. The summed E-state index contributed by atoms with van der Waals surface area (Å²) in [5.41, 5.74) is 4.51. The largest absolute Gasteiger partial charge is 0.488 e. The van der Waals surface area contributed by atoms with Crippen molar-refractivity contribution in [3.05, 3.63) is 97.9 Å². The van der Waals surface area contributed by atoms with Crippen LogP contribution in [0, 0.1) is 0 Å². The van der Waals surface area contributed by atoms with Gasteiger partial charge in [-0.3, -0.25) is 15.0 Å². The third-order valence-corrected chi connectivity index (χ3v) is 5.66. The van der Waals surface area contributed by atoms with Crippen LogP contribution in [0.4, 0.5) is 5.69 Å². The molecule has 1 fully saturated rings. The van der Waals surface area contributed by atoms with E-state index in [0.717, 1.165) is 10.0 Å². The molecule has 0 radical (unpaired) electrons. The van der Waals surface area contributed by atoms with Crippen molar-refractivity contribution in [2.45, 2.75) is 6.61 Å². The predicted molar refractivity (Wildman–Crippen MR) is 125 cm³/mol. The molecule has 156 valence electrons. The van der Waals surface area contributed by atoms with Gasteiger partial charge in [0.05, 0.1) is 5.69 Å². The summed E-state index contributed by atoms with van der Waals surface area (Å²) >= 11 is 15.6. The number of hydrogen-bond donors (Lipinski definition) is 1. The van der Waals surface area contributed by atoms with Crippen LogP contribution in [0.2, 0.25) is 10.0 Å². The minimum absolute atomic E-state index is 0.0105. The molecule has 31 heavy (non-hydrogen) atoms. The van der Waals surface area contributed by atoms with E-state index in [1.54, 1.807) is 54.6 Å². The highest BCUT2D eigenvalue weighted by Gasteiger charge is 2.34. The van der Waals surface area contributed by atoms with Crippen molar-refractivity contribution in [3.63, 3.8) is 0 Å². The number of nitrogens with one attached hydrogen (secondary N) is 1. The van der Waals surface area contributed by atoms with E-state index in [0.29, 0.717) is 27.0 Å². The average molecular weight is 518 g/mol. The van der Waals surface area contributed by atoms with Crippen LogP contribution in [0.3, 0.4) is 0 Å². The minimum Gasteiger partial charge on any atom is -0.488 e. The highest BCUT2D eigenvalue weighted by molar-refractivity contribution is 9.10. The van der Waals surface area contributed by atoms with Gasteiger partial charge in [0, 0.05) is 25.6 Å². The van der Waals surface area contributed by atoms with Gasteiger partial charge in [0.1, 0.15) is 17.9 Å². The number of benzene rings is 3. The fraction of sp³-hybridized carbons (Fsp3) is 0.0435. The van der Waals surface area contributed by atoms with E-state index in [4.69, 9.17) is 27.9 Å². The minimum atomic E-state index is -0.486. The maximum Gasteiger partial charge on any atom is 0.282 e. The number of halogens is 3. The summed E-state index contributed by atoms with van der Waals surface area (Å²) in [5.74, 6) is -0.427. The maximum atomic E-state index is 12.9. The molecule has 0 spiro atoms. The second kappa shape index (κ2) is 9.14. The third kappa shape index (κ3) is 4.77. The number of rotatable bonds is 5. The zero-order chi connectivity index (χ0) is 22.0. The second-order valence-corrected chi connectivity index (χ2v) is 8.44. The van der Waals surface area contributed by atoms with Gasteiger partial charge in [-0.1, -0.05) is 63.4 Å².